The zero-order valence-electron chi connectivity index (χ0n) is 19.8. The number of carbonyl (C=O) groups is 4. The van der Waals surface area contributed by atoms with Gasteiger partial charge in [-0.25, -0.2) is 14.4 Å². The van der Waals surface area contributed by atoms with Crippen LogP contribution in [-0.2, 0) is 23.9 Å². The molecule has 0 aliphatic carbocycles. The van der Waals surface area contributed by atoms with E-state index in [4.69, 9.17) is 9.47 Å². The fraction of sp³-hybridized carbons (Fsp3) is 0.0667. The Labute approximate surface area is 213 Å². The minimum Gasteiger partial charge on any atom is -0.425 e. The van der Waals surface area contributed by atoms with Crippen LogP contribution in [-0.4, -0.2) is 30.5 Å². The van der Waals surface area contributed by atoms with Gasteiger partial charge in [-0.15, -0.1) is 0 Å². The number of rotatable bonds is 9. The highest BCUT2D eigenvalue weighted by Crippen LogP contribution is 2.20. The molecule has 184 valence electrons. The van der Waals surface area contributed by atoms with Gasteiger partial charge < -0.3 is 14.2 Å². The van der Waals surface area contributed by atoms with E-state index in [-0.39, 0.29) is 12.2 Å². The van der Waals surface area contributed by atoms with Crippen molar-refractivity contribution in [3.05, 3.63) is 109 Å². The Morgan fingerprint density at radius 2 is 1.51 bits per heavy atom. The van der Waals surface area contributed by atoms with Crippen LogP contribution in [0.25, 0.3) is 16.8 Å². The van der Waals surface area contributed by atoms with Crippen molar-refractivity contribution in [2.24, 2.45) is 0 Å². The summed E-state index contributed by atoms with van der Waals surface area (Å²) in [5.41, 5.74) is 1.81. The van der Waals surface area contributed by atoms with Crippen molar-refractivity contribution < 1.29 is 33.4 Å². The van der Waals surface area contributed by atoms with Crippen LogP contribution in [0.15, 0.2) is 92.0 Å². The van der Waals surface area contributed by atoms with E-state index in [0.29, 0.717) is 16.9 Å². The van der Waals surface area contributed by atoms with Crippen molar-refractivity contribution >= 4 is 40.5 Å². The highest BCUT2D eigenvalue weighted by atomic mass is 16.7. The van der Waals surface area contributed by atoms with E-state index in [0.717, 1.165) is 22.4 Å². The lowest BCUT2D eigenvalue weighted by Gasteiger charge is -2.06. The Hall–Kier alpha value is -5.22. The third-order valence-electron chi connectivity index (χ3n) is 4.87. The maximum atomic E-state index is 12.6. The lowest BCUT2D eigenvalue weighted by Crippen LogP contribution is -2.09. The average Bonchev–Trinajstić information content (AvgIpc) is 2.92. The molecule has 0 bridgehead atoms. The molecule has 0 spiro atoms. The molecule has 0 unspecified atom stereocenters. The van der Waals surface area contributed by atoms with E-state index in [1.54, 1.807) is 42.5 Å². The van der Waals surface area contributed by atoms with Crippen molar-refractivity contribution in [2.45, 2.75) is 6.42 Å². The van der Waals surface area contributed by atoms with E-state index in [1.165, 1.54) is 18.2 Å². The standard InChI is InChI=1S/C30H22O7/c1-3-26(31)7-5-6-22-8-12-24-19-25(14-13-23(24)18-22)30(34)37-27-15-9-21(10-16-27)11-17-29(33)36-20-35-28(32)4-2/h3-4,8-19H,1-2,7,20H2/b17-11+. The van der Waals surface area contributed by atoms with E-state index < -0.39 is 24.7 Å². The van der Waals surface area contributed by atoms with Gasteiger partial charge in [0.1, 0.15) is 5.75 Å². The molecule has 0 saturated carbocycles. The highest BCUT2D eigenvalue weighted by Gasteiger charge is 2.10. The fourth-order valence-corrected chi connectivity index (χ4v) is 2.99. The van der Waals surface area contributed by atoms with Crippen LogP contribution in [0.1, 0.15) is 27.9 Å². The molecule has 0 N–H and O–H groups in total. The van der Waals surface area contributed by atoms with Gasteiger partial charge >= 0.3 is 17.9 Å². The van der Waals surface area contributed by atoms with Crippen molar-refractivity contribution in [3.8, 4) is 17.6 Å². The van der Waals surface area contributed by atoms with Gasteiger partial charge in [0, 0.05) is 17.7 Å². The maximum absolute atomic E-state index is 12.6. The first kappa shape index (κ1) is 26.4. The molecule has 7 nitrogen and oxygen atoms in total. The van der Waals surface area contributed by atoms with Crippen molar-refractivity contribution in [3.63, 3.8) is 0 Å². The summed E-state index contributed by atoms with van der Waals surface area (Å²) in [6, 6.07) is 17.3. The molecule has 0 aromatic heterocycles. The topological polar surface area (TPSA) is 96.0 Å². The molecule has 0 radical (unpaired) electrons. The molecular weight excluding hydrogens is 472 g/mol. The molecular formula is C30H22O7. The number of fused-ring (bicyclic) bond motifs is 1. The number of hydrogen-bond donors (Lipinski definition) is 0. The smallest absolute Gasteiger partial charge is 0.343 e. The van der Waals surface area contributed by atoms with E-state index in [9.17, 15) is 19.2 Å². The first-order valence-corrected chi connectivity index (χ1v) is 11.0. The molecule has 3 aromatic carbocycles. The minimum atomic E-state index is -0.695. The molecule has 0 saturated heterocycles. The molecule has 7 heteroatoms. The van der Waals surface area contributed by atoms with Gasteiger partial charge in [0.05, 0.1) is 12.0 Å². The Kier molecular flexibility index (Phi) is 9.29. The molecule has 0 aliphatic heterocycles. The molecule has 37 heavy (non-hydrogen) atoms. The normalized spacial score (nSPS) is 10.2. The van der Waals surface area contributed by atoms with Gasteiger partial charge in [-0.1, -0.05) is 49.3 Å². The number of carbonyl (C=O) groups excluding carboxylic acids is 4. The summed E-state index contributed by atoms with van der Waals surface area (Å²) in [6.45, 7) is 6.14. The maximum Gasteiger partial charge on any atom is 0.343 e. The summed E-state index contributed by atoms with van der Waals surface area (Å²) in [5.74, 6) is 4.06. The second kappa shape index (κ2) is 13.0. The monoisotopic (exact) mass is 494 g/mol. The zero-order valence-corrected chi connectivity index (χ0v) is 19.8. The number of benzene rings is 3. The molecule has 3 rings (SSSR count). The van der Waals surface area contributed by atoms with Crippen LogP contribution in [0, 0.1) is 11.8 Å². The summed E-state index contributed by atoms with van der Waals surface area (Å²) >= 11 is 0. The molecule has 0 heterocycles. The van der Waals surface area contributed by atoms with Crippen LogP contribution < -0.4 is 4.74 Å². The van der Waals surface area contributed by atoms with Crippen LogP contribution >= 0.6 is 0 Å². The lowest BCUT2D eigenvalue weighted by molar-refractivity contribution is -0.160. The van der Waals surface area contributed by atoms with E-state index in [2.05, 4.69) is 29.7 Å². The Morgan fingerprint density at radius 1 is 0.811 bits per heavy atom. The van der Waals surface area contributed by atoms with Crippen molar-refractivity contribution in [1.29, 1.82) is 0 Å². The van der Waals surface area contributed by atoms with Crippen LogP contribution in [0.4, 0.5) is 0 Å². The van der Waals surface area contributed by atoms with Crippen LogP contribution in [0.5, 0.6) is 5.75 Å². The first-order chi connectivity index (χ1) is 17.9. The summed E-state index contributed by atoms with van der Waals surface area (Å²) < 4.78 is 14.7. The van der Waals surface area contributed by atoms with E-state index >= 15 is 0 Å². The third-order valence-corrected chi connectivity index (χ3v) is 4.87. The third kappa shape index (κ3) is 8.19. The van der Waals surface area contributed by atoms with Crippen LogP contribution in [0.3, 0.4) is 0 Å². The minimum absolute atomic E-state index is 0.116. The quantitative estimate of drug-likeness (QED) is 0.139. The highest BCUT2D eigenvalue weighted by molar-refractivity contribution is 5.97. The van der Waals surface area contributed by atoms with Gasteiger partial charge in [-0.3, -0.25) is 4.79 Å². The largest absolute Gasteiger partial charge is 0.425 e. The molecule has 0 aliphatic rings. The fourth-order valence-electron chi connectivity index (χ4n) is 2.99. The van der Waals surface area contributed by atoms with Gasteiger partial charge in [0.25, 0.3) is 0 Å². The van der Waals surface area contributed by atoms with Gasteiger partial charge in [0.15, 0.2) is 5.78 Å². The van der Waals surface area contributed by atoms with Gasteiger partial charge in [-0.2, -0.15) is 0 Å². The predicted molar refractivity (Wildman–Crippen MR) is 138 cm³/mol. The van der Waals surface area contributed by atoms with Crippen LogP contribution in [0.2, 0.25) is 0 Å². The van der Waals surface area contributed by atoms with Crippen molar-refractivity contribution in [2.75, 3.05) is 6.79 Å². The predicted octanol–water partition coefficient (Wildman–Crippen LogP) is 4.80. The lowest BCUT2D eigenvalue weighted by atomic mass is 10.0. The molecule has 0 amide bonds. The Bertz CT molecular complexity index is 1450. The molecule has 3 aromatic rings. The van der Waals surface area contributed by atoms with Gasteiger partial charge in [-0.05, 0) is 64.9 Å². The second-order valence-electron chi connectivity index (χ2n) is 7.47. The van der Waals surface area contributed by atoms with Gasteiger partial charge in [0.2, 0.25) is 6.79 Å². The average molecular weight is 494 g/mol. The summed E-state index contributed by atoms with van der Waals surface area (Å²) in [5, 5.41) is 1.74. The zero-order chi connectivity index (χ0) is 26.6. The first-order valence-electron chi connectivity index (χ1n) is 11.0. The second-order valence-corrected chi connectivity index (χ2v) is 7.47. The summed E-state index contributed by atoms with van der Waals surface area (Å²) in [4.78, 5) is 46.4. The molecule has 0 atom stereocenters. The number of ketones is 1. The molecule has 0 fully saturated rings. The number of allylic oxidation sites excluding steroid dienone is 1. The summed E-state index contributed by atoms with van der Waals surface area (Å²) in [6.07, 6.45) is 5.00. The van der Waals surface area contributed by atoms with E-state index in [1.807, 2.05) is 18.2 Å². The summed E-state index contributed by atoms with van der Waals surface area (Å²) in [7, 11) is 0. The van der Waals surface area contributed by atoms with Crippen molar-refractivity contribution in [1.82, 2.24) is 0 Å². The number of hydrogen-bond acceptors (Lipinski definition) is 7. The Morgan fingerprint density at radius 3 is 2.24 bits per heavy atom. The Balaban J connectivity index is 1.58. The number of esters is 3. The SMILES string of the molecule is C=CC(=O)CC#Cc1ccc2cc(C(=O)Oc3ccc(/C=C/C(=O)OCOC(=O)C=C)cc3)ccc2c1. The number of ether oxygens (including phenoxy) is 3.